The van der Waals surface area contributed by atoms with Crippen LogP contribution in [0.1, 0.15) is 29.8 Å². The lowest BCUT2D eigenvalue weighted by Crippen LogP contribution is -2.51. The van der Waals surface area contributed by atoms with Crippen molar-refractivity contribution in [3.8, 4) is 0 Å². The summed E-state index contributed by atoms with van der Waals surface area (Å²) < 4.78 is 0. The van der Waals surface area contributed by atoms with Gasteiger partial charge < -0.3 is 10.2 Å². The molecule has 0 fully saturated rings. The summed E-state index contributed by atoms with van der Waals surface area (Å²) in [4.78, 5) is 27.4. The highest BCUT2D eigenvalue weighted by atomic mass is 35.5. The lowest BCUT2D eigenvalue weighted by atomic mass is 10.0. The first kappa shape index (κ1) is 17.5. The van der Waals surface area contributed by atoms with Crippen LogP contribution in [-0.2, 0) is 11.2 Å². The number of halogens is 1. The molecule has 0 aliphatic carbocycles. The molecule has 2 amide bonds. The molecule has 1 aliphatic rings. The van der Waals surface area contributed by atoms with Crippen molar-refractivity contribution in [3.05, 3.63) is 64.7 Å². The molecule has 0 radical (unpaired) electrons. The zero-order valence-corrected chi connectivity index (χ0v) is 15.1. The van der Waals surface area contributed by atoms with E-state index >= 15 is 0 Å². The van der Waals surface area contributed by atoms with Gasteiger partial charge in [0.05, 0.1) is 0 Å². The Morgan fingerprint density at radius 2 is 1.88 bits per heavy atom. The van der Waals surface area contributed by atoms with Gasteiger partial charge in [0.1, 0.15) is 6.04 Å². The molecule has 0 spiro atoms. The number of nitrogens with one attached hydrogen (secondary N) is 1. The number of anilines is 1. The Bertz CT molecular complexity index is 804. The van der Waals surface area contributed by atoms with Crippen LogP contribution in [0.3, 0.4) is 0 Å². The maximum atomic E-state index is 13.1. The maximum absolute atomic E-state index is 13.1. The number of hydrogen-bond donors (Lipinski definition) is 1. The van der Waals surface area contributed by atoms with Crippen molar-refractivity contribution in [2.24, 2.45) is 5.92 Å². The number of carbonyl (C=O) groups excluding carboxylic acids is 2. The number of fused-ring (bicyclic) bond motifs is 1. The summed E-state index contributed by atoms with van der Waals surface area (Å²) in [7, 11) is 0. The first-order chi connectivity index (χ1) is 12.0. The normalized spacial score (nSPS) is 14.3. The van der Waals surface area contributed by atoms with Gasteiger partial charge in [0.25, 0.3) is 5.91 Å². The molecule has 5 heteroatoms. The molecule has 1 aliphatic heterocycles. The predicted octanol–water partition coefficient (Wildman–Crippen LogP) is 3.68. The summed E-state index contributed by atoms with van der Waals surface area (Å²) in [5.74, 6) is -0.388. The fraction of sp³-hybridized carbons (Fsp3) is 0.300. The smallest absolute Gasteiger partial charge is 0.251 e. The van der Waals surface area contributed by atoms with Gasteiger partial charge in [0.2, 0.25) is 5.91 Å². The van der Waals surface area contributed by atoms with Crippen molar-refractivity contribution in [1.29, 1.82) is 0 Å². The number of carbonyl (C=O) groups is 2. The highest BCUT2D eigenvalue weighted by Gasteiger charge is 2.32. The number of amides is 2. The van der Waals surface area contributed by atoms with E-state index in [1.165, 1.54) is 5.56 Å². The molecular formula is C20H21ClN2O2. The van der Waals surface area contributed by atoms with Crippen molar-refractivity contribution in [2.45, 2.75) is 26.3 Å². The van der Waals surface area contributed by atoms with Gasteiger partial charge in [-0.2, -0.15) is 0 Å². The maximum Gasteiger partial charge on any atom is 0.251 e. The zero-order chi connectivity index (χ0) is 18.0. The Kier molecular flexibility index (Phi) is 5.09. The number of hydrogen-bond acceptors (Lipinski definition) is 2. The molecule has 0 unspecified atom stereocenters. The number of rotatable bonds is 4. The van der Waals surface area contributed by atoms with Gasteiger partial charge in [-0.05, 0) is 42.2 Å². The van der Waals surface area contributed by atoms with E-state index in [2.05, 4.69) is 5.32 Å². The van der Waals surface area contributed by atoms with Crippen LogP contribution in [0.5, 0.6) is 0 Å². The minimum atomic E-state index is -0.586. The fourth-order valence-corrected chi connectivity index (χ4v) is 3.29. The second kappa shape index (κ2) is 7.28. The van der Waals surface area contributed by atoms with Crippen molar-refractivity contribution >= 4 is 29.1 Å². The van der Waals surface area contributed by atoms with E-state index in [9.17, 15) is 9.59 Å². The molecule has 2 aromatic rings. The molecule has 0 saturated heterocycles. The topological polar surface area (TPSA) is 49.4 Å². The largest absolute Gasteiger partial charge is 0.340 e. The summed E-state index contributed by atoms with van der Waals surface area (Å²) in [6.07, 6.45) is 0.842. The first-order valence-electron chi connectivity index (χ1n) is 8.43. The van der Waals surface area contributed by atoms with E-state index in [0.29, 0.717) is 17.1 Å². The average Bonchev–Trinajstić information content (AvgIpc) is 3.02. The Morgan fingerprint density at radius 3 is 2.60 bits per heavy atom. The van der Waals surface area contributed by atoms with E-state index in [-0.39, 0.29) is 17.7 Å². The van der Waals surface area contributed by atoms with E-state index in [1.807, 2.05) is 38.1 Å². The molecule has 130 valence electrons. The van der Waals surface area contributed by atoms with Crippen molar-refractivity contribution in [1.82, 2.24) is 5.32 Å². The van der Waals surface area contributed by atoms with Gasteiger partial charge in [-0.25, -0.2) is 0 Å². The molecule has 0 aromatic heterocycles. The Hall–Kier alpha value is -2.33. The van der Waals surface area contributed by atoms with Crippen LogP contribution in [-0.4, -0.2) is 24.4 Å². The van der Waals surface area contributed by atoms with Crippen LogP contribution in [0.4, 0.5) is 5.69 Å². The van der Waals surface area contributed by atoms with Crippen LogP contribution < -0.4 is 10.2 Å². The number of para-hydroxylation sites is 1. The number of benzene rings is 2. The SMILES string of the molecule is CC(C)[C@@H](NC(=O)c1cccc(Cl)c1)C(=O)N1CCc2ccccc21. The van der Waals surface area contributed by atoms with Crippen molar-refractivity contribution in [2.75, 3.05) is 11.4 Å². The Morgan fingerprint density at radius 1 is 1.12 bits per heavy atom. The lowest BCUT2D eigenvalue weighted by Gasteiger charge is -2.27. The Labute approximate surface area is 152 Å². The Balaban J connectivity index is 1.80. The summed E-state index contributed by atoms with van der Waals surface area (Å²) >= 11 is 5.96. The monoisotopic (exact) mass is 356 g/mol. The van der Waals surface area contributed by atoms with Gasteiger partial charge in [-0.3, -0.25) is 9.59 Å². The van der Waals surface area contributed by atoms with E-state index in [0.717, 1.165) is 12.1 Å². The molecule has 25 heavy (non-hydrogen) atoms. The highest BCUT2D eigenvalue weighted by Crippen LogP contribution is 2.28. The molecule has 2 aromatic carbocycles. The third-order valence-electron chi connectivity index (χ3n) is 4.46. The first-order valence-corrected chi connectivity index (χ1v) is 8.81. The third kappa shape index (κ3) is 3.69. The quantitative estimate of drug-likeness (QED) is 0.908. The summed E-state index contributed by atoms with van der Waals surface area (Å²) in [5, 5.41) is 3.37. The molecular weight excluding hydrogens is 336 g/mol. The number of nitrogens with zero attached hydrogens (tertiary/aromatic N) is 1. The standard InChI is InChI=1S/C20H21ClN2O2/c1-13(2)18(22-19(24)15-7-5-8-16(21)12-15)20(25)23-11-10-14-6-3-4-9-17(14)23/h3-9,12-13,18H,10-11H2,1-2H3,(H,22,24)/t18-/m1/s1. The summed E-state index contributed by atoms with van der Waals surface area (Å²) in [5.41, 5.74) is 2.56. The van der Waals surface area contributed by atoms with Gasteiger partial charge in [-0.15, -0.1) is 0 Å². The minimum Gasteiger partial charge on any atom is -0.340 e. The molecule has 0 saturated carbocycles. The average molecular weight is 357 g/mol. The summed E-state index contributed by atoms with van der Waals surface area (Å²) in [6, 6.07) is 14.0. The molecule has 0 bridgehead atoms. The molecule has 1 atom stereocenters. The summed E-state index contributed by atoms with van der Waals surface area (Å²) in [6.45, 7) is 4.51. The van der Waals surface area contributed by atoms with Crippen LogP contribution in [0.25, 0.3) is 0 Å². The minimum absolute atomic E-state index is 0.0246. The predicted molar refractivity (Wildman–Crippen MR) is 100 cm³/mol. The van der Waals surface area contributed by atoms with Crippen LogP contribution in [0.2, 0.25) is 5.02 Å². The van der Waals surface area contributed by atoms with Crippen LogP contribution >= 0.6 is 11.6 Å². The van der Waals surface area contributed by atoms with Gasteiger partial charge >= 0.3 is 0 Å². The van der Waals surface area contributed by atoms with E-state index in [4.69, 9.17) is 11.6 Å². The third-order valence-corrected chi connectivity index (χ3v) is 4.69. The van der Waals surface area contributed by atoms with Crippen molar-refractivity contribution < 1.29 is 9.59 Å². The van der Waals surface area contributed by atoms with Crippen LogP contribution in [0.15, 0.2) is 48.5 Å². The molecule has 1 heterocycles. The zero-order valence-electron chi connectivity index (χ0n) is 14.3. The van der Waals surface area contributed by atoms with Gasteiger partial charge in [0, 0.05) is 22.8 Å². The molecule has 4 nitrogen and oxygen atoms in total. The van der Waals surface area contributed by atoms with E-state index < -0.39 is 6.04 Å². The van der Waals surface area contributed by atoms with E-state index in [1.54, 1.807) is 29.2 Å². The second-order valence-electron chi connectivity index (χ2n) is 6.57. The fourth-order valence-electron chi connectivity index (χ4n) is 3.10. The van der Waals surface area contributed by atoms with Crippen molar-refractivity contribution in [3.63, 3.8) is 0 Å². The van der Waals surface area contributed by atoms with Gasteiger partial charge in [-0.1, -0.05) is 49.7 Å². The molecule has 3 rings (SSSR count). The second-order valence-corrected chi connectivity index (χ2v) is 7.01. The lowest BCUT2D eigenvalue weighted by molar-refractivity contribution is -0.121. The van der Waals surface area contributed by atoms with Gasteiger partial charge in [0.15, 0.2) is 0 Å². The highest BCUT2D eigenvalue weighted by molar-refractivity contribution is 6.31. The molecule has 1 N–H and O–H groups in total. The van der Waals surface area contributed by atoms with Crippen LogP contribution in [0, 0.1) is 5.92 Å².